The predicted octanol–water partition coefficient (Wildman–Crippen LogP) is 4.44. The average Bonchev–Trinajstić information content (AvgIpc) is 3.01. The first-order chi connectivity index (χ1) is 12.4. The first-order valence-corrected chi connectivity index (χ1v) is 7.73. The van der Waals surface area contributed by atoms with E-state index in [9.17, 15) is 31.1 Å². The zero-order chi connectivity index (χ0) is 20.4. The van der Waals surface area contributed by atoms with Gasteiger partial charge in [0.05, 0.1) is 0 Å². The molecule has 0 aliphatic rings. The Labute approximate surface area is 150 Å². The highest BCUT2D eigenvalue weighted by molar-refractivity contribution is 5.77. The van der Waals surface area contributed by atoms with E-state index in [0.717, 1.165) is 4.90 Å². The third-order valence-electron chi connectivity index (χ3n) is 3.53. The third kappa shape index (κ3) is 5.69. The van der Waals surface area contributed by atoms with Crippen LogP contribution in [0.2, 0.25) is 0 Å². The van der Waals surface area contributed by atoms with Gasteiger partial charge in [0, 0.05) is 18.2 Å². The number of halogens is 6. The molecule has 11 heteroatoms. The number of amides is 1. The van der Waals surface area contributed by atoms with Crippen molar-refractivity contribution in [1.82, 2.24) is 15.0 Å². The number of hydrogen-bond donors (Lipinski definition) is 0. The van der Waals surface area contributed by atoms with Crippen LogP contribution >= 0.6 is 0 Å². The van der Waals surface area contributed by atoms with Gasteiger partial charge in [0.2, 0.25) is 11.7 Å². The molecule has 0 bridgehead atoms. The van der Waals surface area contributed by atoms with Gasteiger partial charge in [0.1, 0.15) is 6.42 Å². The molecular formula is C16H15F6N3O2. The molecule has 0 aliphatic carbocycles. The van der Waals surface area contributed by atoms with Crippen LogP contribution in [0.5, 0.6) is 0 Å². The largest absolute Gasteiger partial charge is 0.471 e. The third-order valence-corrected chi connectivity index (χ3v) is 3.53. The van der Waals surface area contributed by atoms with Crippen molar-refractivity contribution >= 4 is 5.91 Å². The maximum atomic E-state index is 12.5. The van der Waals surface area contributed by atoms with Gasteiger partial charge in [-0.1, -0.05) is 29.4 Å². The Morgan fingerprint density at radius 3 is 2.15 bits per heavy atom. The van der Waals surface area contributed by atoms with Crippen LogP contribution in [0.15, 0.2) is 28.8 Å². The fourth-order valence-electron chi connectivity index (χ4n) is 2.24. The topological polar surface area (TPSA) is 59.2 Å². The second-order valence-electron chi connectivity index (χ2n) is 6.03. The molecule has 5 nitrogen and oxygen atoms in total. The molecule has 0 aliphatic heterocycles. The summed E-state index contributed by atoms with van der Waals surface area (Å²) in [7, 11) is 0. The van der Waals surface area contributed by atoms with Gasteiger partial charge in [0.15, 0.2) is 0 Å². The van der Waals surface area contributed by atoms with Gasteiger partial charge >= 0.3 is 18.2 Å². The zero-order valence-corrected chi connectivity index (χ0v) is 14.2. The minimum Gasteiger partial charge on any atom is -0.336 e. The number of hydrogen-bond acceptors (Lipinski definition) is 4. The molecule has 1 heterocycles. The fraction of sp³-hybridized carbons (Fsp3) is 0.438. The van der Waals surface area contributed by atoms with Crippen molar-refractivity contribution < 1.29 is 35.7 Å². The number of alkyl halides is 6. The van der Waals surface area contributed by atoms with Crippen LogP contribution in [-0.2, 0) is 17.5 Å². The minimum absolute atomic E-state index is 0.0765. The van der Waals surface area contributed by atoms with E-state index in [4.69, 9.17) is 0 Å². The van der Waals surface area contributed by atoms with Crippen molar-refractivity contribution in [3.8, 4) is 11.4 Å². The summed E-state index contributed by atoms with van der Waals surface area (Å²) in [4.78, 5) is 16.2. The molecule has 0 saturated carbocycles. The normalized spacial score (nSPS) is 12.5. The molecule has 2 aromatic rings. The van der Waals surface area contributed by atoms with Gasteiger partial charge < -0.3 is 9.42 Å². The van der Waals surface area contributed by atoms with Crippen LogP contribution in [-0.4, -0.2) is 33.2 Å². The summed E-state index contributed by atoms with van der Waals surface area (Å²) < 4.78 is 78.9. The minimum atomic E-state index is -4.76. The van der Waals surface area contributed by atoms with Crippen LogP contribution in [0.3, 0.4) is 0 Å². The number of carbonyl (C=O) groups is 1. The van der Waals surface area contributed by atoms with Gasteiger partial charge in [-0.25, -0.2) is 0 Å². The smallest absolute Gasteiger partial charge is 0.336 e. The van der Waals surface area contributed by atoms with E-state index in [-0.39, 0.29) is 17.9 Å². The van der Waals surface area contributed by atoms with Gasteiger partial charge in [0.25, 0.3) is 0 Å². The number of carbonyl (C=O) groups excluding carboxylic acids is 1. The first kappa shape index (κ1) is 20.7. The summed E-state index contributed by atoms with van der Waals surface area (Å²) in [6, 6.07) is 5.26. The standard InChI is InChI=1S/C16H15F6N3O2/c1-9(2)25(12(26)7-15(17,18)19)8-10-3-5-11(6-4-10)13-23-14(27-24-13)16(20,21)22/h3-6,9H,7-8H2,1-2H3. The van der Waals surface area contributed by atoms with Gasteiger partial charge in [-0.15, -0.1) is 0 Å². The maximum absolute atomic E-state index is 12.5. The van der Waals surface area contributed by atoms with E-state index in [2.05, 4.69) is 14.7 Å². The van der Waals surface area contributed by atoms with Gasteiger partial charge in [-0.05, 0) is 19.4 Å². The summed E-state index contributed by atoms with van der Waals surface area (Å²) in [5.74, 6) is -2.82. The lowest BCUT2D eigenvalue weighted by Gasteiger charge is -2.27. The molecule has 1 aromatic carbocycles. The first-order valence-electron chi connectivity index (χ1n) is 7.73. The lowest BCUT2D eigenvalue weighted by atomic mass is 10.1. The summed E-state index contributed by atoms with van der Waals surface area (Å²) in [5, 5.41) is 3.24. The summed E-state index contributed by atoms with van der Waals surface area (Å²) in [6.07, 6.45) is -10.9. The molecular weight excluding hydrogens is 380 g/mol. The Morgan fingerprint density at radius 2 is 1.70 bits per heavy atom. The quantitative estimate of drug-likeness (QED) is 0.702. The van der Waals surface area contributed by atoms with Crippen LogP contribution in [0.4, 0.5) is 26.3 Å². The summed E-state index contributed by atoms with van der Waals surface area (Å²) in [6.45, 7) is 3.09. The molecule has 0 spiro atoms. The van der Waals surface area contributed by atoms with Crippen LogP contribution in [0, 0.1) is 0 Å². The number of benzene rings is 1. The van der Waals surface area contributed by atoms with Gasteiger partial charge in [-0.3, -0.25) is 4.79 Å². The molecule has 0 atom stereocenters. The van der Waals surface area contributed by atoms with E-state index >= 15 is 0 Å². The lowest BCUT2D eigenvalue weighted by molar-refractivity contribution is -0.163. The SMILES string of the molecule is CC(C)N(Cc1ccc(-c2noc(C(F)(F)F)n2)cc1)C(=O)CC(F)(F)F. The molecule has 0 fully saturated rings. The Morgan fingerprint density at radius 1 is 1.11 bits per heavy atom. The number of nitrogens with zero attached hydrogens (tertiary/aromatic N) is 3. The van der Waals surface area contributed by atoms with Gasteiger partial charge in [-0.2, -0.15) is 31.3 Å². The molecule has 2 rings (SSSR count). The van der Waals surface area contributed by atoms with E-state index < -0.39 is 36.6 Å². The van der Waals surface area contributed by atoms with Crippen molar-refractivity contribution in [2.24, 2.45) is 0 Å². The highest BCUT2D eigenvalue weighted by Crippen LogP contribution is 2.29. The Kier molecular flexibility index (Phi) is 5.81. The van der Waals surface area contributed by atoms with Crippen molar-refractivity contribution in [1.29, 1.82) is 0 Å². The molecule has 0 unspecified atom stereocenters. The Balaban J connectivity index is 2.14. The van der Waals surface area contributed by atoms with Crippen LogP contribution in [0.25, 0.3) is 11.4 Å². The Bertz CT molecular complexity index is 781. The zero-order valence-electron chi connectivity index (χ0n) is 14.2. The van der Waals surface area contributed by atoms with Crippen molar-refractivity contribution in [2.75, 3.05) is 0 Å². The molecule has 148 valence electrons. The van der Waals surface area contributed by atoms with Crippen molar-refractivity contribution in [3.63, 3.8) is 0 Å². The molecule has 1 amide bonds. The highest BCUT2D eigenvalue weighted by atomic mass is 19.4. The van der Waals surface area contributed by atoms with E-state index in [0.29, 0.717) is 5.56 Å². The van der Waals surface area contributed by atoms with E-state index in [1.54, 1.807) is 13.8 Å². The summed E-state index contributed by atoms with van der Waals surface area (Å²) in [5.41, 5.74) is 0.734. The van der Waals surface area contributed by atoms with E-state index in [1.807, 2.05) is 0 Å². The van der Waals surface area contributed by atoms with Crippen molar-refractivity contribution in [3.05, 3.63) is 35.7 Å². The average molecular weight is 395 g/mol. The van der Waals surface area contributed by atoms with Crippen molar-refractivity contribution in [2.45, 2.75) is 45.2 Å². The predicted molar refractivity (Wildman–Crippen MR) is 81.1 cm³/mol. The summed E-state index contributed by atoms with van der Waals surface area (Å²) >= 11 is 0. The molecule has 0 radical (unpaired) electrons. The molecule has 27 heavy (non-hydrogen) atoms. The molecule has 0 N–H and O–H groups in total. The fourth-order valence-corrected chi connectivity index (χ4v) is 2.24. The van der Waals surface area contributed by atoms with E-state index in [1.165, 1.54) is 24.3 Å². The lowest BCUT2D eigenvalue weighted by Crippen LogP contribution is -2.38. The maximum Gasteiger partial charge on any atom is 0.471 e. The number of rotatable bonds is 5. The molecule has 1 aromatic heterocycles. The highest BCUT2D eigenvalue weighted by Gasteiger charge is 2.38. The monoisotopic (exact) mass is 395 g/mol. The van der Waals surface area contributed by atoms with Crippen LogP contribution in [0.1, 0.15) is 31.7 Å². The second kappa shape index (κ2) is 7.57. The number of aromatic nitrogens is 2. The van der Waals surface area contributed by atoms with Crippen LogP contribution < -0.4 is 0 Å². The second-order valence-corrected chi connectivity index (χ2v) is 6.03. The molecule has 0 saturated heterocycles. The Hall–Kier alpha value is -2.59.